The molecule has 0 fully saturated rings. The van der Waals surface area contributed by atoms with Gasteiger partial charge in [-0.1, -0.05) is 24.6 Å². The molecule has 0 aliphatic heterocycles. The molecule has 5 nitrogen and oxygen atoms in total. The molecule has 0 atom stereocenters. The highest BCUT2D eigenvalue weighted by Crippen LogP contribution is 2.23. The third-order valence-electron chi connectivity index (χ3n) is 3.20. The van der Waals surface area contributed by atoms with Crippen molar-refractivity contribution in [2.24, 2.45) is 0 Å². The Kier molecular flexibility index (Phi) is 5.76. The number of nitrogens with one attached hydrogen (secondary N) is 1. The van der Waals surface area contributed by atoms with Crippen LogP contribution in [-0.2, 0) is 11.4 Å². The fourth-order valence-corrected chi connectivity index (χ4v) is 2.12. The number of anilines is 1. The molecule has 0 aliphatic carbocycles. The number of carboxylic acid groups (broad SMARTS) is 1. The highest BCUT2D eigenvalue weighted by Gasteiger charge is 2.13. The largest absolute Gasteiger partial charge is 0.486 e. The molecule has 0 saturated heterocycles. The smallest absolute Gasteiger partial charge is 0.337 e. The van der Waals surface area contributed by atoms with Crippen LogP contribution >= 0.6 is 11.6 Å². The van der Waals surface area contributed by atoms with Crippen LogP contribution in [0.4, 0.5) is 10.1 Å². The number of amides is 1. The van der Waals surface area contributed by atoms with Crippen LogP contribution < -0.4 is 10.1 Å². The van der Waals surface area contributed by atoms with Crippen molar-refractivity contribution in [1.29, 1.82) is 0 Å². The highest BCUT2D eigenvalue weighted by atomic mass is 35.5. The van der Waals surface area contributed by atoms with Crippen molar-refractivity contribution in [3.05, 3.63) is 58.4 Å². The van der Waals surface area contributed by atoms with Gasteiger partial charge in [0.05, 0.1) is 11.3 Å². The van der Waals surface area contributed by atoms with Crippen molar-refractivity contribution in [1.82, 2.24) is 0 Å². The maximum Gasteiger partial charge on any atom is 0.337 e. The fraction of sp³-hybridized carbons (Fsp3) is 0.176. The van der Waals surface area contributed by atoms with E-state index < -0.39 is 11.8 Å². The minimum absolute atomic E-state index is 0.0136. The molecule has 126 valence electrons. The molecule has 0 radical (unpaired) electrons. The van der Waals surface area contributed by atoms with Gasteiger partial charge >= 0.3 is 5.97 Å². The number of halogens is 2. The van der Waals surface area contributed by atoms with E-state index in [0.29, 0.717) is 5.56 Å². The number of ether oxygens (including phenoxy) is 1. The molecule has 2 aromatic rings. The molecule has 0 aliphatic rings. The molecular formula is C17H15ClFNO4. The van der Waals surface area contributed by atoms with Gasteiger partial charge in [-0.25, -0.2) is 9.18 Å². The van der Waals surface area contributed by atoms with E-state index in [0.717, 1.165) is 6.07 Å². The number of carbonyl (C=O) groups is 2. The van der Waals surface area contributed by atoms with Gasteiger partial charge in [-0.05, 0) is 35.9 Å². The van der Waals surface area contributed by atoms with Crippen LogP contribution in [0.1, 0.15) is 29.3 Å². The first-order chi connectivity index (χ1) is 11.4. The first kappa shape index (κ1) is 17.7. The van der Waals surface area contributed by atoms with Crippen molar-refractivity contribution < 1.29 is 23.8 Å². The molecule has 0 bridgehead atoms. The number of carboxylic acids is 1. The maximum atomic E-state index is 13.7. The Morgan fingerprint density at radius 2 is 2.00 bits per heavy atom. The third kappa shape index (κ3) is 4.45. The van der Waals surface area contributed by atoms with Gasteiger partial charge in [0.25, 0.3) is 0 Å². The summed E-state index contributed by atoms with van der Waals surface area (Å²) in [5.41, 5.74) is 0.668. The minimum atomic E-state index is -1.18. The second kappa shape index (κ2) is 7.79. The summed E-state index contributed by atoms with van der Waals surface area (Å²) >= 11 is 5.67. The molecular weight excluding hydrogens is 337 g/mol. The lowest BCUT2D eigenvalue weighted by Gasteiger charge is -2.11. The van der Waals surface area contributed by atoms with Crippen LogP contribution in [-0.4, -0.2) is 17.0 Å². The van der Waals surface area contributed by atoms with E-state index >= 15 is 0 Å². The molecule has 2 aromatic carbocycles. The van der Waals surface area contributed by atoms with Gasteiger partial charge in [0.15, 0.2) is 11.6 Å². The lowest BCUT2D eigenvalue weighted by Crippen LogP contribution is -2.13. The summed E-state index contributed by atoms with van der Waals surface area (Å²) in [5.74, 6) is -2.06. The number of benzene rings is 2. The molecule has 24 heavy (non-hydrogen) atoms. The van der Waals surface area contributed by atoms with Crippen LogP contribution in [0, 0.1) is 5.82 Å². The van der Waals surface area contributed by atoms with Gasteiger partial charge < -0.3 is 15.2 Å². The fourth-order valence-electron chi connectivity index (χ4n) is 1.96. The van der Waals surface area contributed by atoms with E-state index in [2.05, 4.69) is 5.32 Å². The SMILES string of the molecule is CCC(=O)Nc1ccc(COc2ccc(Cl)cc2F)cc1C(=O)O. The van der Waals surface area contributed by atoms with E-state index in [1.165, 1.54) is 24.3 Å². The normalized spacial score (nSPS) is 10.3. The Morgan fingerprint density at radius 1 is 1.25 bits per heavy atom. The molecule has 0 heterocycles. The van der Waals surface area contributed by atoms with Crippen LogP contribution in [0.2, 0.25) is 5.02 Å². The summed E-state index contributed by atoms with van der Waals surface area (Å²) in [5, 5.41) is 12.0. The van der Waals surface area contributed by atoms with Crippen molar-refractivity contribution in [3.8, 4) is 5.75 Å². The molecule has 2 rings (SSSR count). The summed E-state index contributed by atoms with van der Waals surface area (Å²) < 4.78 is 19.0. The Hall–Kier alpha value is -2.60. The molecule has 0 saturated carbocycles. The van der Waals surface area contributed by atoms with E-state index in [1.54, 1.807) is 13.0 Å². The number of rotatable bonds is 6. The summed E-state index contributed by atoms with van der Waals surface area (Å²) in [7, 11) is 0. The average molecular weight is 352 g/mol. The first-order valence-electron chi connectivity index (χ1n) is 7.14. The number of hydrogen-bond acceptors (Lipinski definition) is 3. The molecule has 7 heteroatoms. The topological polar surface area (TPSA) is 75.6 Å². The zero-order chi connectivity index (χ0) is 17.7. The second-order valence-corrected chi connectivity index (χ2v) is 5.39. The van der Waals surface area contributed by atoms with Gasteiger partial charge in [0.2, 0.25) is 5.91 Å². The second-order valence-electron chi connectivity index (χ2n) is 4.95. The zero-order valence-corrected chi connectivity index (χ0v) is 13.6. The quantitative estimate of drug-likeness (QED) is 0.821. The van der Waals surface area contributed by atoms with Crippen LogP contribution in [0.5, 0.6) is 5.75 Å². The average Bonchev–Trinajstić information content (AvgIpc) is 2.54. The van der Waals surface area contributed by atoms with Crippen LogP contribution in [0.3, 0.4) is 0 Å². The third-order valence-corrected chi connectivity index (χ3v) is 3.43. The van der Waals surface area contributed by atoms with Crippen LogP contribution in [0.25, 0.3) is 0 Å². The summed E-state index contributed by atoms with van der Waals surface area (Å²) in [6.45, 7) is 1.64. The van der Waals surface area contributed by atoms with Crippen LogP contribution in [0.15, 0.2) is 36.4 Å². The Balaban J connectivity index is 2.17. The lowest BCUT2D eigenvalue weighted by molar-refractivity contribution is -0.115. The predicted molar refractivity (Wildman–Crippen MR) is 88.1 cm³/mol. The summed E-state index contributed by atoms with van der Waals surface area (Å²) in [6, 6.07) is 8.47. The minimum Gasteiger partial charge on any atom is -0.486 e. The first-order valence-corrected chi connectivity index (χ1v) is 7.52. The van der Waals surface area contributed by atoms with Crippen molar-refractivity contribution >= 4 is 29.2 Å². The highest BCUT2D eigenvalue weighted by molar-refractivity contribution is 6.30. The zero-order valence-electron chi connectivity index (χ0n) is 12.8. The number of aromatic carboxylic acids is 1. The molecule has 0 spiro atoms. The van der Waals surface area contributed by atoms with E-state index in [-0.39, 0.29) is 41.0 Å². The molecule has 1 amide bonds. The van der Waals surface area contributed by atoms with Crippen molar-refractivity contribution in [3.63, 3.8) is 0 Å². The predicted octanol–water partition coefficient (Wildman–Crippen LogP) is 4.10. The Morgan fingerprint density at radius 3 is 2.62 bits per heavy atom. The Bertz CT molecular complexity index is 779. The molecule has 0 unspecified atom stereocenters. The molecule has 2 N–H and O–H groups in total. The van der Waals surface area contributed by atoms with E-state index in [1.807, 2.05) is 0 Å². The number of carbonyl (C=O) groups excluding carboxylic acids is 1. The Labute approximate surface area is 143 Å². The maximum absolute atomic E-state index is 13.7. The lowest BCUT2D eigenvalue weighted by atomic mass is 10.1. The molecule has 0 aromatic heterocycles. The van der Waals surface area contributed by atoms with Gasteiger partial charge in [0, 0.05) is 11.4 Å². The van der Waals surface area contributed by atoms with Gasteiger partial charge in [0.1, 0.15) is 6.61 Å². The summed E-state index contributed by atoms with van der Waals surface area (Å²) in [6.07, 6.45) is 0.236. The standard InChI is InChI=1S/C17H15ClFNO4/c1-2-16(21)20-14-5-3-10(7-12(14)17(22)23)9-24-15-6-4-11(18)8-13(15)19/h3-8H,2,9H2,1H3,(H,20,21)(H,22,23). The number of hydrogen-bond donors (Lipinski definition) is 2. The monoisotopic (exact) mass is 351 g/mol. The van der Waals surface area contributed by atoms with Gasteiger partial charge in [-0.2, -0.15) is 0 Å². The van der Waals surface area contributed by atoms with Gasteiger partial charge in [-0.15, -0.1) is 0 Å². The van der Waals surface area contributed by atoms with Crippen molar-refractivity contribution in [2.45, 2.75) is 20.0 Å². The summed E-state index contributed by atoms with van der Waals surface area (Å²) in [4.78, 5) is 22.8. The van der Waals surface area contributed by atoms with E-state index in [4.69, 9.17) is 16.3 Å². The van der Waals surface area contributed by atoms with Gasteiger partial charge in [-0.3, -0.25) is 4.79 Å². The van der Waals surface area contributed by atoms with E-state index in [9.17, 15) is 19.1 Å². The van der Waals surface area contributed by atoms with Crippen molar-refractivity contribution in [2.75, 3.05) is 5.32 Å².